The number of nitrogens with zero attached hydrogens (tertiary/aromatic N) is 5. The molecule has 1 rings (SSSR count). The van der Waals surface area contributed by atoms with Crippen molar-refractivity contribution in [2.75, 3.05) is 35.3 Å². The second-order valence-corrected chi connectivity index (χ2v) is 8.17. The Hall–Kier alpha value is -3.48. The summed E-state index contributed by atoms with van der Waals surface area (Å²) < 4.78 is 13.0. The molecule has 0 saturated heterocycles. The van der Waals surface area contributed by atoms with Crippen molar-refractivity contribution in [3.63, 3.8) is 0 Å². The molecule has 0 spiro atoms. The topological polar surface area (TPSA) is 123 Å². The highest BCUT2D eigenvalue weighted by Crippen LogP contribution is 2.28. The van der Waals surface area contributed by atoms with E-state index in [-0.39, 0.29) is 23.3 Å². The van der Waals surface area contributed by atoms with Crippen LogP contribution in [0.3, 0.4) is 0 Å². The van der Waals surface area contributed by atoms with Gasteiger partial charge in [0.25, 0.3) is 5.91 Å². The van der Waals surface area contributed by atoms with Gasteiger partial charge in [-0.05, 0) is 32.9 Å². The zero-order chi connectivity index (χ0) is 25.1. The molecule has 0 aliphatic carbocycles. The van der Waals surface area contributed by atoms with Gasteiger partial charge in [0.05, 0.1) is 18.2 Å². The normalized spacial score (nSPS) is 11.5. The first-order chi connectivity index (χ1) is 15.5. The van der Waals surface area contributed by atoms with Crippen LogP contribution in [0.25, 0.3) is 0 Å². The van der Waals surface area contributed by atoms with Crippen molar-refractivity contribution in [1.82, 2.24) is 13.5 Å². The van der Waals surface area contributed by atoms with Crippen LogP contribution in [-0.4, -0.2) is 84.4 Å². The van der Waals surface area contributed by atoms with Crippen molar-refractivity contribution in [3.8, 4) is 11.5 Å². The zero-order valence-corrected chi connectivity index (χ0v) is 20.7. The van der Waals surface area contributed by atoms with E-state index < -0.39 is 18.1 Å². The van der Waals surface area contributed by atoms with E-state index in [0.29, 0.717) is 17.9 Å². The first-order valence-corrected chi connectivity index (χ1v) is 10.4. The Morgan fingerprint density at radius 3 is 2.06 bits per heavy atom. The largest absolute Gasteiger partial charge is 0.487 e. The van der Waals surface area contributed by atoms with Crippen LogP contribution in [0.2, 0.25) is 0 Å². The maximum Gasteiger partial charge on any atom is 0.447 e. The molecule has 0 aromatic heterocycles. The molecular formula is C20H29N5O7S. The summed E-state index contributed by atoms with van der Waals surface area (Å²) in [4.78, 5) is 47.7. The number of amides is 3. The first kappa shape index (κ1) is 27.6. The Morgan fingerprint density at radius 1 is 0.939 bits per heavy atom. The van der Waals surface area contributed by atoms with Crippen LogP contribution in [-0.2, 0) is 14.5 Å². The summed E-state index contributed by atoms with van der Waals surface area (Å²) in [5, 5.41) is 7.24. The Morgan fingerprint density at radius 2 is 1.52 bits per heavy atom. The molecule has 0 saturated carbocycles. The standard InChI is InChI=1S/C20H29N5O7S/c1-13(2)30-15-11-9-10-12-16(15)31-19(27)24(6)33-25(7)20(28)32-22-17(14(3)21-29-8)18(26)23(4)5/h9-13H,1-8H3. The summed E-state index contributed by atoms with van der Waals surface area (Å²) in [6.45, 7) is 5.17. The highest BCUT2D eigenvalue weighted by Gasteiger charge is 2.23. The number of hydrogen-bond acceptors (Lipinski definition) is 10. The highest BCUT2D eigenvalue weighted by molar-refractivity contribution is 7.95. The fourth-order valence-electron chi connectivity index (χ4n) is 2.09. The average Bonchev–Trinajstić information content (AvgIpc) is 2.74. The van der Waals surface area contributed by atoms with Crippen LogP contribution in [0.1, 0.15) is 20.8 Å². The van der Waals surface area contributed by atoms with Gasteiger partial charge in [-0.1, -0.05) is 22.4 Å². The minimum absolute atomic E-state index is 0.111. The lowest BCUT2D eigenvalue weighted by atomic mass is 10.2. The van der Waals surface area contributed by atoms with E-state index >= 15 is 0 Å². The molecule has 33 heavy (non-hydrogen) atoms. The van der Waals surface area contributed by atoms with Gasteiger partial charge in [0.1, 0.15) is 12.8 Å². The SMILES string of the molecule is CON=C(C)C(=NOC(=O)N(C)SN(C)C(=O)Oc1ccccc1OC(C)C)C(=O)N(C)C. The fourth-order valence-corrected chi connectivity index (χ4v) is 2.66. The Kier molecular flexibility index (Phi) is 11.0. The third kappa shape index (κ3) is 8.88. The highest BCUT2D eigenvalue weighted by atomic mass is 32.2. The molecule has 13 heteroatoms. The molecule has 182 valence electrons. The van der Waals surface area contributed by atoms with Crippen LogP contribution in [0.4, 0.5) is 9.59 Å². The van der Waals surface area contributed by atoms with Gasteiger partial charge in [0, 0.05) is 28.2 Å². The van der Waals surface area contributed by atoms with Crippen LogP contribution < -0.4 is 9.47 Å². The van der Waals surface area contributed by atoms with E-state index in [4.69, 9.17) is 14.3 Å². The number of hydrogen-bond donors (Lipinski definition) is 0. The maximum absolute atomic E-state index is 12.4. The molecule has 0 aliphatic rings. The first-order valence-electron chi connectivity index (χ1n) is 9.69. The summed E-state index contributed by atoms with van der Waals surface area (Å²) in [5.74, 6) is 0.102. The van der Waals surface area contributed by atoms with Gasteiger partial charge in [0.15, 0.2) is 17.2 Å². The second kappa shape index (κ2) is 13.2. The summed E-state index contributed by atoms with van der Waals surface area (Å²) >= 11 is 0.697. The Balaban J connectivity index is 2.81. The third-order valence-electron chi connectivity index (χ3n) is 3.56. The molecule has 0 atom stereocenters. The van der Waals surface area contributed by atoms with E-state index in [2.05, 4.69) is 15.1 Å². The van der Waals surface area contributed by atoms with Gasteiger partial charge >= 0.3 is 12.2 Å². The Labute approximate surface area is 197 Å². The van der Waals surface area contributed by atoms with Gasteiger partial charge in [-0.25, -0.2) is 18.2 Å². The number of oxime groups is 2. The lowest BCUT2D eigenvalue weighted by molar-refractivity contribution is -0.121. The van der Waals surface area contributed by atoms with E-state index in [1.54, 1.807) is 24.3 Å². The van der Waals surface area contributed by atoms with Crippen LogP contribution >= 0.6 is 12.1 Å². The summed E-state index contributed by atoms with van der Waals surface area (Å²) in [5.41, 5.74) is -0.106. The number of carbonyl (C=O) groups is 3. The van der Waals surface area contributed by atoms with Crippen molar-refractivity contribution in [1.29, 1.82) is 0 Å². The molecule has 1 aromatic carbocycles. The number of benzene rings is 1. The predicted octanol–water partition coefficient (Wildman–Crippen LogP) is 3.00. The second-order valence-electron chi connectivity index (χ2n) is 6.91. The van der Waals surface area contributed by atoms with Gasteiger partial charge in [-0.15, -0.1) is 0 Å². The molecule has 0 heterocycles. The molecule has 3 amide bonds. The van der Waals surface area contributed by atoms with E-state index in [1.165, 1.54) is 47.1 Å². The lowest BCUT2D eigenvalue weighted by Crippen LogP contribution is -2.35. The summed E-state index contributed by atoms with van der Waals surface area (Å²) in [6.07, 6.45) is -1.81. The number of para-hydroxylation sites is 2. The van der Waals surface area contributed by atoms with Crippen LogP contribution in [0.15, 0.2) is 34.6 Å². The zero-order valence-electron chi connectivity index (χ0n) is 19.9. The van der Waals surface area contributed by atoms with Crippen molar-refractivity contribution >= 4 is 41.7 Å². The van der Waals surface area contributed by atoms with Gasteiger partial charge in [-0.2, -0.15) is 0 Å². The molecule has 0 fully saturated rings. The third-order valence-corrected chi connectivity index (χ3v) is 4.35. The van der Waals surface area contributed by atoms with Crippen molar-refractivity contribution in [3.05, 3.63) is 24.3 Å². The number of ether oxygens (including phenoxy) is 2. The predicted molar refractivity (Wildman–Crippen MR) is 124 cm³/mol. The van der Waals surface area contributed by atoms with Gasteiger partial charge in [-0.3, -0.25) is 9.63 Å². The Bertz CT molecular complexity index is 905. The monoisotopic (exact) mass is 483 g/mol. The lowest BCUT2D eigenvalue weighted by Gasteiger charge is -2.21. The molecule has 0 N–H and O–H groups in total. The van der Waals surface area contributed by atoms with E-state index in [0.717, 1.165) is 8.61 Å². The molecule has 0 bridgehead atoms. The molecule has 0 unspecified atom stereocenters. The minimum atomic E-state index is -0.947. The molecule has 0 aliphatic heterocycles. The quantitative estimate of drug-likeness (QED) is 0.227. The summed E-state index contributed by atoms with van der Waals surface area (Å²) in [6, 6.07) is 6.73. The average molecular weight is 484 g/mol. The van der Waals surface area contributed by atoms with Crippen molar-refractivity contribution in [2.24, 2.45) is 10.3 Å². The smallest absolute Gasteiger partial charge is 0.447 e. The number of carbonyl (C=O) groups excluding carboxylic acids is 3. The van der Waals surface area contributed by atoms with Crippen LogP contribution in [0, 0.1) is 0 Å². The maximum atomic E-state index is 12.4. The summed E-state index contributed by atoms with van der Waals surface area (Å²) in [7, 11) is 7.08. The molecular weight excluding hydrogens is 454 g/mol. The van der Waals surface area contributed by atoms with Crippen molar-refractivity contribution < 1.29 is 33.5 Å². The number of rotatable bonds is 9. The molecule has 0 radical (unpaired) electrons. The van der Waals surface area contributed by atoms with Crippen LogP contribution in [0.5, 0.6) is 11.5 Å². The molecule has 1 aromatic rings. The van der Waals surface area contributed by atoms with E-state index in [1.807, 2.05) is 13.8 Å². The van der Waals surface area contributed by atoms with Gasteiger partial charge < -0.3 is 19.2 Å². The van der Waals surface area contributed by atoms with Crippen molar-refractivity contribution in [2.45, 2.75) is 26.9 Å². The fraction of sp³-hybridized carbons (Fsp3) is 0.450. The minimum Gasteiger partial charge on any atom is -0.487 e. The van der Waals surface area contributed by atoms with E-state index in [9.17, 15) is 14.4 Å². The molecule has 12 nitrogen and oxygen atoms in total. The van der Waals surface area contributed by atoms with Gasteiger partial charge in [0.2, 0.25) is 0 Å².